The first-order valence-corrected chi connectivity index (χ1v) is 18.2. The van der Waals surface area contributed by atoms with Crippen LogP contribution in [0.4, 0.5) is 26.8 Å². The van der Waals surface area contributed by atoms with Gasteiger partial charge in [0, 0.05) is 17.4 Å². The van der Waals surface area contributed by atoms with E-state index in [0.717, 1.165) is 15.1 Å². The number of hydrogen-bond acceptors (Lipinski definition) is 11. The molecule has 2 aliphatic rings. The molecule has 1 aliphatic heterocycles. The fourth-order valence-corrected chi connectivity index (χ4v) is 7.35. The van der Waals surface area contributed by atoms with Crippen LogP contribution in [0.15, 0.2) is 59.5 Å². The second-order valence-electron chi connectivity index (χ2n) is 14.6. The van der Waals surface area contributed by atoms with Gasteiger partial charge in [-0.15, -0.1) is 5.10 Å². The van der Waals surface area contributed by atoms with Gasteiger partial charge in [-0.05, 0) is 102 Å². The van der Waals surface area contributed by atoms with Crippen LogP contribution in [-0.2, 0) is 29.5 Å². The van der Waals surface area contributed by atoms with Crippen LogP contribution in [0, 0.1) is 0 Å². The van der Waals surface area contributed by atoms with Crippen LogP contribution < -0.4 is 19.7 Å². The highest BCUT2D eigenvalue weighted by Crippen LogP contribution is 2.67. The summed E-state index contributed by atoms with van der Waals surface area (Å²) in [5, 5.41) is 8.34. The molecule has 2 amide bonds. The lowest BCUT2D eigenvalue weighted by molar-refractivity contribution is -0.120. The topological polar surface area (TPSA) is 155 Å². The van der Waals surface area contributed by atoms with Crippen molar-refractivity contribution >= 4 is 56.0 Å². The van der Waals surface area contributed by atoms with Gasteiger partial charge in [-0.2, -0.15) is 4.68 Å². The van der Waals surface area contributed by atoms with E-state index in [4.69, 9.17) is 18.9 Å². The number of amides is 2. The van der Waals surface area contributed by atoms with Crippen LogP contribution in [-0.4, -0.2) is 67.5 Å². The summed E-state index contributed by atoms with van der Waals surface area (Å²) in [4.78, 5) is 42.4. The Bertz CT molecular complexity index is 2200. The second-order valence-corrected chi connectivity index (χ2v) is 16.9. The Morgan fingerprint density at radius 1 is 0.922 bits per heavy atom. The number of ether oxygens (including phenoxy) is 4. The SMILES string of the molecule is CCS(=O)(=O)c1ccc(Nc2nn(C(=O)OC(C)(C)C)c3cc([C@@H]4C[C@@]45C(=O)N(C(=O)OC(C)(C)C)c4ccc(OC)cc45)ccc23)c(OC)c1. The molecule has 1 aliphatic carbocycles. The van der Waals surface area contributed by atoms with Crippen LogP contribution in [0.1, 0.15) is 71.9 Å². The zero-order valence-corrected chi connectivity index (χ0v) is 30.9. The average molecular weight is 719 g/mol. The normalized spacial score (nSPS) is 18.5. The van der Waals surface area contributed by atoms with Crippen molar-refractivity contribution in [3.63, 3.8) is 0 Å². The van der Waals surface area contributed by atoms with Crippen molar-refractivity contribution in [1.82, 2.24) is 9.78 Å². The number of sulfone groups is 1. The molecule has 1 spiro atoms. The van der Waals surface area contributed by atoms with Crippen LogP contribution in [0.3, 0.4) is 0 Å². The number of nitrogens with one attached hydrogen (secondary N) is 1. The number of hydrogen-bond donors (Lipinski definition) is 1. The summed E-state index contributed by atoms with van der Waals surface area (Å²) < 4.78 is 48.5. The molecule has 1 aromatic heterocycles. The summed E-state index contributed by atoms with van der Waals surface area (Å²) in [7, 11) is -0.520. The lowest BCUT2D eigenvalue weighted by Crippen LogP contribution is -2.41. The van der Waals surface area contributed by atoms with Gasteiger partial charge in [-0.1, -0.05) is 13.0 Å². The summed E-state index contributed by atoms with van der Waals surface area (Å²) >= 11 is 0. The zero-order chi connectivity index (χ0) is 37.3. The van der Waals surface area contributed by atoms with Crippen LogP contribution in [0.5, 0.6) is 11.5 Å². The molecule has 2 atom stereocenters. The molecule has 3 aromatic carbocycles. The summed E-state index contributed by atoms with van der Waals surface area (Å²) in [6.07, 6.45) is -1.07. The molecule has 0 bridgehead atoms. The van der Waals surface area contributed by atoms with E-state index in [1.807, 2.05) is 6.07 Å². The van der Waals surface area contributed by atoms with Gasteiger partial charge in [0.1, 0.15) is 22.7 Å². The largest absolute Gasteiger partial charge is 0.497 e. The third-order valence-electron chi connectivity index (χ3n) is 8.89. The third-order valence-corrected chi connectivity index (χ3v) is 10.6. The standard InChI is InChI=1S/C37H42N4O9S/c1-10-51(45,46)23-13-15-27(30(19-23)48-9)38-31-24-14-11-21(17-29(24)41(39-31)34(44)50-36(5,6)7)26-20-37(26)25-18-22(47-8)12-16-28(25)40(32(37)42)33(43)49-35(2,3)4/h11-19,26H,10,20H2,1-9H3,(H,38,39)/t26-,37-/m0/s1. The van der Waals surface area contributed by atoms with E-state index in [-0.39, 0.29) is 22.3 Å². The molecule has 270 valence electrons. The zero-order valence-electron chi connectivity index (χ0n) is 30.1. The number of imide groups is 1. The van der Waals surface area contributed by atoms with Gasteiger partial charge in [0.25, 0.3) is 0 Å². The molecular formula is C37H42N4O9S. The summed E-state index contributed by atoms with van der Waals surface area (Å²) in [6, 6.07) is 15.1. The quantitative estimate of drug-likeness (QED) is 0.208. The number of aromatic nitrogens is 2. The van der Waals surface area contributed by atoms with E-state index >= 15 is 0 Å². The number of carbonyl (C=O) groups is 3. The van der Waals surface area contributed by atoms with Crippen molar-refractivity contribution in [3.05, 3.63) is 65.7 Å². The molecule has 14 heteroatoms. The Hall–Kier alpha value is -5.11. The Balaban J connectivity index is 1.43. The highest BCUT2D eigenvalue weighted by atomic mass is 32.2. The number of nitrogens with zero attached hydrogens (tertiary/aromatic N) is 3. The number of fused-ring (bicyclic) bond motifs is 3. The Labute approximate surface area is 296 Å². The maximum absolute atomic E-state index is 14.3. The molecule has 1 fully saturated rings. The first-order valence-electron chi connectivity index (χ1n) is 16.5. The van der Waals surface area contributed by atoms with Gasteiger partial charge in [-0.25, -0.2) is 22.9 Å². The smallest absolute Gasteiger partial charge is 0.435 e. The first kappa shape index (κ1) is 35.7. The summed E-state index contributed by atoms with van der Waals surface area (Å²) in [5.74, 6) is 0.294. The fraction of sp³-hybridized carbons (Fsp3) is 0.405. The van der Waals surface area contributed by atoms with Crippen molar-refractivity contribution in [3.8, 4) is 11.5 Å². The number of anilines is 3. The predicted molar refractivity (Wildman–Crippen MR) is 191 cm³/mol. The first-order chi connectivity index (χ1) is 23.8. The van der Waals surface area contributed by atoms with Gasteiger partial charge in [0.05, 0.1) is 47.2 Å². The summed E-state index contributed by atoms with van der Waals surface area (Å²) in [5.41, 5.74) is -0.0111. The van der Waals surface area contributed by atoms with Crippen molar-refractivity contribution in [2.24, 2.45) is 0 Å². The van der Waals surface area contributed by atoms with E-state index in [9.17, 15) is 22.8 Å². The Morgan fingerprint density at radius 3 is 2.24 bits per heavy atom. The number of methoxy groups -OCH3 is 2. The van der Waals surface area contributed by atoms with Crippen molar-refractivity contribution in [1.29, 1.82) is 0 Å². The molecular weight excluding hydrogens is 676 g/mol. The molecule has 6 rings (SSSR count). The molecule has 0 unspecified atom stereocenters. The Kier molecular flexibility index (Phi) is 8.60. The highest BCUT2D eigenvalue weighted by molar-refractivity contribution is 7.91. The van der Waals surface area contributed by atoms with E-state index < -0.39 is 44.5 Å². The maximum atomic E-state index is 14.3. The molecule has 13 nitrogen and oxygen atoms in total. The number of carbonyl (C=O) groups excluding carboxylic acids is 3. The van der Waals surface area contributed by atoms with Gasteiger partial charge >= 0.3 is 12.2 Å². The molecule has 0 saturated heterocycles. The van der Waals surface area contributed by atoms with Crippen LogP contribution in [0.2, 0.25) is 0 Å². The van der Waals surface area contributed by atoms with E-state index in [1.54, 1.807) is 84.9 Å². The lowest BCUT2D eigenvalue weighted by atomic mass is 9.91. The Morgan fingerprint density at radius 2 is 1.61 bits per heavy atom. The molecule has 51 heavy (non-hydrogen) atoms. The molecule has 1 saturated carbocycles. The molecule has 4 aromatic rings. The van der Waals surface area contributed by atoms with Gasteiger partial charge in [0.2, 0.25) is 5.91 Å². The van der Waals surface area contributed by atoms with Crippen molar-refractivity contribution < 1.29 is 41.7 Å². The van der Waals surface area contributed by atoms with Gasteiger partial charge in [0.15, 0.2) is 15.7 Å². The minimum atomic E-state index is -3.49. The lowest BCUT2D eigenvalue weighted by Gasteiger charge is -2.24. The maximum Gasteiger partial charge on any atom is 0.435 e. The third kappa shape index (κ3) is 6.37. The highest BCUT2D eigenvalue weighted by Gasteiger charge is 2.68. The average Bonchev–Trinajstić information content (AvgIpc) is 3.64. The molecule has 1 N–H and O–H groups in total. The van der Waals surface area contributed by atoms with E-state index in [2.05, 4.69) is 10.4 Å². The van der Waals surface area contributed by atoms with Crippen LogP contribution in [0.25, 0.3) is 10.9 Å². The summed E-state index contributed by atoms with van der Waals surface area (Å²) in [6.45, 7) is 12.0. The number of benzene rings is 3. The van der Waals surface area contributed by atoms with E-state index in [1.165, 1.54) is 26.4 Å². The van der Waals surface area contributed by atoms with Gasteiger partial charge < -0.3 is 24.3 Å². The number of rotatable bonds is 7. The van der Waals surface area contributed by atoms with Crippen molar-refractivity contribution in [2.75, 3.05) is 30.2 Å². The van der Waals surface area contributed by atoms with Gasteiger partial charge in [-0.3, -0.25) is 4.79 Å². The second kappa shape index (κ2) is 12.3. The minimum Gasteiger partial charge on any atom is -0.497 e. The fourth-order valence-electron chi connectivity index (χ4n) is 6.45. The molecule has 0 radical (unpaired) electrons. The van der Waals surface area contributed by atoms with E-state index in [0.29, 0.717) is 45.8 Å². The monoisotopic (exact) mass is 718 g/mol. The predicted octanol–water partition coefficient (Wildman–Crippen LogP) is 7.08. The molecule has 2 heterocycles. The van der Waals surface area contributed by atoms with Crippen LogP contribution >= 0.6 is 0 Å². The minimum absolute atomic E-state index is 0.0672. The van der Waals surface area contributed by atoms with Crippen molar-refractivity contribution in [2.45, 2.75) is 82.3 Å².